The van der Waals surface area contributed by atoms with Gasteiger partial charge in [0.15, 0.2) is 0 Å². The van der Waals surface area contributed by atoms with Crippen LogP contribution >= 0.6 is 0 Å². The molecule has 0 spiro atoms. The third-order valence-corrected chi connectivity index (χ3v) is 5.00. The van der Waals surface area contributed by atoms with E-state index < -0.39 is 0 Å². The van der Waals surface area contributed by atoms with E-state index in [-0.39, 0.29) is 17.7 Å². The third kappa shape index (κ3) is 4.35. The maximum Gasteiger partial charge on any atom is 0.224 e. The van der Waals surface area contributed by atoms with Crippen molar-refractivity contribution in [2.75, 3.05) is 26.7 Å². The van der Waals surface area contributed by atoms with Gasteiger partial charge in [0.1, 0.15) is 0 Å². The van der Waals surface area contributed by atoms with Gasteiger partial charge in [-0.15, -0.1) is 0 Å². The summed E-state index contributed by atoms with van der Waals surface area (Å²) in [4.78, 5) is 28.2. The number of hydrogen-bond acceptors (Lipinski definition) is 3. The summed E-state index contributed by atoms with van der Waals surface area (Å²) in [7, 11) is 2.07. The van der Waals surface area contributed by atoms with E-state index in [1.807, 2.05) is 23.1 Å². The zero-order chi connectivity index (χ0) is 16.9. The summed E-state index contributed by atoms with van der Waals surface area (Å²) in [5, 5.41) is 3.07. The molecule has 5 nitrogen and oxygen atoms in total. The molecule has 0 aliphatic carbocycles. The van der Waals surface area contributed by atoms with Crippen LogP contribution in [0.4, 0.5) is 0 Å². The summed E-state index contributed by atoms with van der Waals surface area (Å²) in [5.41, 5.74) is 2.23. The van der Waals surface area contributed by atoms with Gasteiger partial charge in [-0.3, -0.25) is 9.59 Å². The second-order valence-corrected chi connectivity index (χ2v) is 7.06. The fourth-order valence-corrected chi connectivity index (χ4v) is 3.64. The molecule has 2 aliphatic heterocycles. The summed E-state index contributed by atoms with van der Waals surface area (Å²) < 4.78 is 0. The summed E-state index contributed by atoms with van der Waals surface area (Å²) in [5.74, 6) is 0.506. The van der Waals surface area contributed by atoms with Crippen LogP contribution in [0.2, 0.25) is 0 Å². The Morgan fingerprint density at radius 3 is 2.83 bits per heavy atom. The number of hydrogen-bond donors (Lipinski definition) is 1. The Bertz CT molecular complexity index is 602. The Kier molecular flexibility index (Phi) is 5.51. The molecule has 1 aromatic rings. The lowest BCUT2D eigenvalue weighted by Gasteiger charge is -2.28. The molecule has 3 rings (SSSR count). The van der Waals surface area contributed by atoms with Crippen LogP contribution in [0.15, 0.2) is 24.3 Å². The Hall–Kier alpha value is -1.88. The molecule has 0 radical (unpaired) electrons. The predicted molar refractivity (Wildman–Crippen MR) is 93.2 cm³/mol. The lowest BCUT2D eigenvalue weighted by Crippen LogP contribution is -2.41. The number of rotatable bonds is 5. The van der Waals surface area contributed by atoms with Gasteiger partial charge in [0.25, 0.3) is 0 Å². The first-order chi connectivity index (χ1) is 11.6. The summed E-state index contributed by atoms with van der Waals surface area (Å²) >= 11 is 0. The van der Waals surface area contributed by atoms with Gasteiger partial charge in [-0.2, -0.15) is 0 Å². The quantitative estimate of drug-likeness (QED) is 0.896. The van der Waals surface area contributed by atoms with Gasteiger partial charge in [-0.25, -0.2) is 0 Å². The topological polar surface area (TPSA) is 52.7 Å². The van der Waals surface area contributed by atoms with Gasteiger partial charge >= 0.3 is 0 Å². The van der Waals surface area contributed by atoms with E-state index in [1.54, 1.807) is 0 Å². The lowest BCUT2D eigenvalue weighted by atomic mass is 9.97. The zero-order valence-electron chi connectivity index (χ0n) is 14.5. The molecular weight excluding hydrogens is 302 g/mol. The zero-order valence-corrected chi connectivity index (χ0v) is 14.5. The molecule has 1 atom stereocenters. The van der Waals surface area contributed by atoms with Crippen LogP contribution in [-0.4, -0.2) is 48.3 Å². The summed E-state index contributed by atoms with van der Waals surface area (Å²) in [6.07, 6.45) is 3.71. The van der Waals surface area contributed by atoms with Crippen LogP contribution in [0, 0.1) is 5.92 Å². The highest BCUT2D eigenvalue weighted by Crippen LogP contribution is 2.17. The van der Waals surface area contributed by atoms with Crippen LogP contribution < -0.4 is 5.32 Å². The van der Waals surface area contributed by atoms with Crippen molar-refractivity contribution >= 4 is 11.8 Å². The second kappa shape index (κ2) is 7.79. The first kappa shape index (κ1) is 17.0. The molecule has 2 amide bonds. The molecule has 130 valence electrons. The number of nitrogens with zero attached hydrogens (tertiary/aromatic N) is 2. The number of likely N-dealkylation sites (tertiary alicyclic amines) is 2. The number of benzene rings is 1. The molecule has 1 unspecified atom stereocenters. The SMILES string of the molecule is CN1CCCC(C(=O)NCc2cccc(CN3CCCC3=O)c2)C1. The molecular formula is C19H27N3O2. The number of piperidine rings is 1. The average Bonchev–Trinajstić information content (AvgIpc) is 2.98. The monoisotopic (exact) mass is 329 g/mol. The predicted octanol–water partition coefficient (Wildman–Crippen LogP) is 1.77. The molecule has 1 aromatic carbocycles. The Balaban J connectivity index is 1.52. The van der Waals surface area contributed by atoms with Crippen LogP contribution in [0.25, 0.3) is 0 Å². The molecule has 2 heterocycles. The van der Waals surface area contributed by atoms with Crippen molar-refractivity contribution in [2.24, 2.45) is 5.92 Å². The van der Waals surface area contributed by atoms with Gasteiger partial charge < -0.3 is 15.1 Å². The van der Waals surface area contributed by atoms with E-state index in [0.29, 0.717) is 19.5 Å². The van der Waals surface area contributed by atoms with Crippen molar-refractivity contribution in [1.82, 2.24) is 15.1 Å². The normalized spacial score (nSPS) is 22.0. The first-order valence-electron chi connectivity index (χ1n) is 8.93. The number of amides is 2. The lowest BCUT2D eigenvalue weighted by molar-refractivity contribution is -0.128. The standard InChI is InChI=1S/C19H27N3O2/c1-21-9-3-7-17(14-21)19(24)20-12-15-5-2-6-16(11-15)13-22-10-4-8-18(22)23/h2,5-6,11,17H,3-4,7-10,12-14H2,1H3,(H,20,24). The Morgan fingerprint density at radius 2 is 2.08 bits per heavy atom. The first-order valence-corrected chi connectivity index (χ1v) is 8.93. The third-order valence-electron chi connectivity index (χ3n) is 5.00. The summed E-state index contributed by atoms with van der Waals surface area (Å²) in [6.45, 7) is 4.02. The van der Waals surface area contributed by atoms with Crippen LogP contribution in [0.1, 0.15) is 36.8 Å². The van der Waals surface area contributed by atoms with Crippen molar-refractivity contribution < 1.29 is 9.59 Å². The molecule has 0 bridgehead atoms. The highest BCUT2D eigenvalue weighted by atomic mass is 16.2. The van der Waals surface area contributed by atoms with Gasteiger partial charge in [0.05, 0.1) is 5.92 Å². The molecule has 5 heteroatoms. The van der Waals surface area contributed by atoms with Crippen molar-refractivity contribution in [3.8, 4) is 0 Å². The van der Waals surface area contributed by atoms with Gasteiger partial charge in [0.2, 0.25) is 11.8 Å². The molecule has 2 fully saturated rings. The maximum atomic E-state index is 12.3. The molecule has 24 heavy (non-hydrogen) atoms. The van der Waals surface area contributed by atoms with Crippen molar-refractivity contribution in [3.05, 3.63) is 35.4 Å². The minimum atomic E-state index is 0.106. The van der Waals surface area contributed by atoms with Crippen LogP contribution in [0.3, 0.4) is 0 Å². The molecule has 1 N–H and O–H groups in total. The molecule has 0 saturated carbocycles. The van der Waals surface area contributed by atoms with E-state index in [4.69, 9.17) is 0 Å². The van der Waals surface area contributed by atoms with Gasteiger partial charge in [0, 0.05) is 32.6 Å². The van der Waals surface area contributed by atoms with E-state index >= 15 is 0 Å². The van der Waals surface area contributed by atoms with E-state index in [0.717, 1.165) is 50.0 Å². The van der Waals surface area contributed by atoms with Crippen LogP contribution in [-0.2, 0) is 22.7 Å². The minimum Gasteiger partial charge on any atom is -0.352 e. The largest absolute Gasteiger partial charge is 0.352 e. The van der Waals surface area contributed by atoms with E-state index in [2.05, 4.69) is 23.3 Å². The van der Waals surface area contributed by atoms with Crippen molar-refractivity contribution in [3.63, 3.8) is 0 Å². The highest BCUT2D eigenvalue weighted by Gasteiger charge is 2.23. The molecule has 2 saturated heterocycles. The Morgan fingerprint density at radius 1 is 1.25 bits per heavy atom. The number of carbonyl (C=O) groups excluding carboxylic acids is 2. The van der Waals surface area contributed by atoms with Crippen molar-refractivity contribution in [1.29, 1.82) is 0 Å². The minimum absolute atomic E-state index is 0.106. The smallest absolute Gasteiger partial charge is 0.224 e. The molecule has 2 aliphatic rings. The van der Waals surface area contributed by atoms with E-state index in [9.17, 15) is 9.59 Å². The fourth-order valence-electron chi connectivity index (χ4n) is 3.64. The van der Waals surface area contributed by atoms with E-state index in [1.165, 1.54) is 0 Å². The van der Waals surface area contributed by atoms with Crippen LogP contribution in [0.5, 0.6) is 0 Å². The number of carbonyl (C=O) groups is 2. The summed E-state index contributed by atoms with van der Waals surface area (Å²) in [6, 6.07) is 8.18. The highest BCUT2D eigenvalue weighted by molar-refractivity contribution is 5.79. The average molecular weight is 329 g/mol. The van der Waals surface area contributed by atoms with Gasteiger partial charge in [-0.1, -0.05) is 24.3 Å². The van der Waals surface area contributed by atoms with Gasteiger partial charge in [-0.05, 0) is 44.0 Å². The fraction of sp³-hybridized carbons (Fsp3) is 0.579. The number of nitrogens with one attached hydrogen (secondary N) is 1. The Labute approximate surface area is 144 Å². The maximum absolute atomic E-state index is 12.3. The molecule has 0 aromatic heterocycles. The van der Waals surface area contributed by atoms with Crippen molar-refractivity contribution in [2.45, 2.75) is 38.8 Å². The second-order valence-electron chi connectivity index (χ2n) is 7.06.